The summed E-state index contributed by atoms with van der Waals surface area (Å²) < 4.78 is 28.4. The fourth-order valence-corrected chi connectivity index (χ4v) is 3.07. The molecule has 4 aromatic rings. The summed E-state index contributed by atoms with van der Waals surface area (Å²) in [5.41, 5.74) is 3.96. The molecule has 0 saturated carbocycles. The lowest BCUT2D eigenvalue weighted by atomic mass is 10.0. The van der Waals surface area contributed by atoms with E-state index >= 15 is 0 Å². The number of anilines is 1. The van der Waals surface area contributed by atoms with Gasteiger partial charge in [-0.15, -0.1) is 0 Å². The molecule has 0 amide bonds. The van der Waals surface area contributed by atoms with Crippen LogP contribution in [0.5, 0.6) is 0 Å². The van der Waals surface area contributed by atoms with Gasteiger partial charge in [0.1, 0.15) is 5.82 Å². The van der Waals surface area contributed by atoms with Crippen molar-refractivity contribution in [3.05, 3.63) is 78.4 Å². The first-order chi connectivity index (χ1) is 13.5. The largest absolute Gasteiger partial charge is 0.366 e. The maximum atomic E-state index is 13.4. The summed E-state index contributed by atoms with van der Waals surface area (Å²) in [6.45, 7) is 1.55. The Balaban J connectivity index is 1.62. The van der Waals surface area contributed by atoms with Crippen LogP contribution in [0.4, 0.5) is 14.6 Å². The van der Waals surface area contributed by atoms with Crippen molar-refractivity contribution in [2.75, 3.05) is 5.32 Å². The van der Waals surface area contributed by atoms with Gasteiger partial charge in [-0.1, -0.05) is 24.3 Å². The van der Waals surface area contributed by atoms with Gasteiger partial charge in [-0.05, 0) is 41.8 Å². The summed E-state index contributed by atoms with van der Waals surface area (Å²) in [4.78, 5) is 8.66. The molecule has 0 unspecified atom stereocenters. The molecule has 0 bridgehead atoms. The zero-order chi connectivity index (χ0) is 19.6. The molecule has 0 fully saturated rings. The van der Waals surface area contributed by atoms with Crippen LogP contribution in [-0.4, -0.2) is 25.5 Å². The fraction of sp³-hybridized carbons (Fsp3) is 0.190. The van der Waals surface area contributed by atoms with Crippen LogP contribution >= 0.6 is 0 Å². The Labute approximate surface area is 161 Å². The summed E-state index contributed by atoms with van der Waals surface area (Å²) in [6, 6.07) is 12.9. The summed E-state index contributed by atoms with van der Waals surface area (Å²) in [6.07, 6.45) is 6.72. The molecule has 28 heavy (non-hydrogen) atoms. The van der Waals surface area contributed by atoms with E-state index in [1.807, 2.05) is 30.5 Å². The SMILES string of the molecule is CC(F)(F)Cc1cccc(-c2cnn3ccc(NCc4ccncc4)nc23)c1. The molecule has 0 radical (unpaired) electrons. The van der Waals surface area contributed by atoms with E-state index in [0.717, 1.165) is 23.6 Å². The quantitative estimate of drug-likeness (QED) is 0.532. The highest BCUT2D eigenvalue weighted by Gasteiger charge is 2.22. The van der Waals surface area contributed by atoms with Crippen LogP contribution in [0.1, 0.15) is 18.1 Å². The van der Waals surface area contributed by atoms with E-state index in [0.29, 0.717) is 23.6 Å². The molecule has 0 aliphatic heterocycles. The average Bonchev–Trinajstić information content (AvgIpc) is 3.09. The van der Waals surface area contributed by atoms with E-state index in [2.05, 4.69) is 20.4 Å². The monoisotopic (exact) mass is 379 g/mol. The number of benzene rings is 1. The summed E-state index contributed by atoms with van der Waals surface area (Å²) in [5, 5.41) is 7.61. The molecule has 1 N–H and O–H groups in total. The van der Waals surface area contributed by atoms with Gasteiger partial charge in [0.05, 0.1) is 6.20 Å². The molecule has 1 aromatic carbocycles. The van der Waals surface area contributed by atoms with Crippen LogP contribution in [0.15, 0.2) is 67.3 Å². The molecule has 0 spiro atoms. The van der Waals surface area contributed by atoms with Crippen molar-refractivity contribution in [1.29, 1.82) is 0 Å². The second-order valence-corrected chi connectivity index (χ2v) is 6.80. The second-order valence-electron chi connectivity index (χ2n) is 6.80. The van der Waals surface area contributed by atoms with Gasteiger partial charge in [0.25, 0.3) is 0 Å². The maximum absolute atomic E-state index is 13.4. The molecule has 5 nitrogen and oxygen atoms in total. The second kappa shape index (κ2) is 7.34. The van der Waals surface area contributed by atoms with Gasteiger partial charge in [0.2, 0.25) is 5.92 Å². The summed E-state index contributed by atoms with van der Waals surface area (Å²) in [5.74, 6) is -2.04. The highest BCUT2D eigenvalue weighted by Crippen LogP contribution is 2.27. The average molecular weight is 379 g/mol. The number of hydrogen-bond donors (Lipinski definition) is 1. The summed E-state index contributed by atoms with van der Waals surface area (Å²) in [7, 11) is 0. The zero-order valence-corrected chi connectivity index (χ0v) is 15.3. The topological polar surface area (TPSA) is 55.1 Å². The third-order valence-electron chi connectivity index (χ3n) is 4.34. The third kappa shape index (κ3) is 4.14. The van der Waals surface area contributed by atoms with Crippen LogP contribution in [0.2, 0.25) is 0 Å². The van der Waals surface area contributed by atoms with Crippen molar-refractivity contribution in [1.82, 2.24) is 19.6 Å². The van der Waals surface area contributed by atoms with E-state index in [1.165, 1.54) is 0 Å². The minimum absolute atomic E-state index is 0.299. The van der Waals surface area contributed by atoms with Crippen molar-refractivity contribution >= 4 is 11.5 Å². The van der Waals surface area contributed by atoms with E-state index < -0.39 is 5.92 Å². The molecule has 0 atom stereocenters. The maximum Gasteiger partial charge on any atom is 0.249 e. The van der Waals surface area contributed by atoms with Crippen molar-refractivity contribution in [3.8, 4) is 11.1 Å². The first-order valence-electron chi connectivity index (χ1n) is 8.92. The Morgan fingerprint density at radius 1 is 1.07 bits per heavy atom. The predicted octanol–water partition coefficient (Wildman–Crippen LogP) is 4.60. The van der Waals surface area contributed by atoms with Crippen LogP contribution < -0.4 is 5.32 Å². The van der Waals surface area contributed by atoms with E-state index in [1.54, 1.807) is 41.3 Å². The van der Waals surface area contributed by atoms with Gasteiger partial charge in [0.15, 0.2) is 5.65 Å². The minimum atomic E-state index is -2.75. The standard InChI is InChI=1S/C21H19F2N5/c1-21(22,23)12-16-3-2-4-17(11-16)18-14-26-28-10-7-19(27-20(18)28)25-13-15-5-8-24-9-6-15/h2-11,14H,12-13H2,1H3,(H,25,27). The number of rotatable bonds is 6. The highest BCUT2D eigenvalue weighted by molar-refractivity contribution is 5.78. The van der Waals surface area contributed by atoms with E-state index in [9.17, 15) is 8.78 Å². The van der Waals surface area contributed by atoms with Gasteiger partial charge in [-0.3, -0.25) is 4.98 Å². The number of hydrogen-bond acceptors (Lipinski definition) is 4. The Morgan fingerprint density at radius 2 is 1.89 bits per heavy atom. The highest BCUT2D eigenvalue weighted by atomic mass is 19.3. The molecule has 4 rings (SSSR count). The van der Waals surface area contributed by atoms with Crippen LogP contribution in [0.3, 0.4) is 0 Å². The predicted molar refractivity (Wildman–Crippen MR) is 104 cm³/mol. The Morgan fingerprint density at radius 3 is 2.68 bits per heavy atom. The smallest absolute Gasteiger partial charge is 0.249 e. The number of pyridine rings is 1. The lowest BCUT2D eigenvalue weighted by Gasteiger charge is -2.11. The number of nitrogens with one attached hydrogen (secondary N) is 1. The van der Waals surface area contributed by atoms with E-state index in [4.69, 9.17) is 0 Å². The normalized spacial score (nSPS) is 11.7. The molecular weight excluding hydrogens is 360 g/mol. The van der Waals surface area contributed by atoms with E-state index in [-0.39, 0.29) is 6.42 Å². The number of alkyl halides is 2. The number of halogens is 2. The molecular formula is C21H19F2N5. The van der Waals surface area contributed by atoms with Gasteiger partial charge >= 0.3 is 0 Å². The number of nitrogens with zero attached hydrogens (tertiary/aromatic N) is 4. The fourth-order valence-electron chi connectivity index (χ4n) is 3.07. The van der Waals surface area contributed by atoms with Crippen molar-refractivity contribution < 1.29 is 8.78 Å². The Kier molecular flexibility index (Phi) is 4.73. The van der Waals surface area contributed by atoms with Crippen molar-refractivity contribution in [2.45, 2.75) is 25.8 Å². The Hall–Kier alpha value is -3.35. The first-order valence-corrected chi connectivity index (χ1v) is 8.92. The van der Waals surface area contributed by atoms with Crippen LogP contribution in [-0.2, 0) is 13.0 Å². The van der Waals surface area contributed by atoms with Crippen molar-refractivity contribution in [3.63, 3.8) is 0 Å². The molecule has 3 aromatic heterocycles. The van der Waals surface area contributed by atoms with Gasteiger partial charge < -0.3 is 5.32 Å². The molecule has 0 aliphatic carbocycles. The van der Waals surface area contributed by atoms with Gasteiger partial charge in [-0.25, -0.2) is 18.3 Å². The Bertz CT molecular complexity index is 1090. The molecule has 142 valence electrons. The summed E-state index contributed by atoms with van der Waals surface area (Å²) >= 11 is 0. The number of aromatic nitrogens is 4. The zero-order valence-electron chi connectivity index (χ0n) is 15.3. The van der Waals surface area contributed by atoms with Gasteiger partial charge in [-0.2, -0.15) is 5.10 Å². The lowest BCUT2D eigenvalue weighted by Crippen LogP contribution is -2.13. The van der Waals surface area contributed by atoms with Gasteiger partial charge in [0, 0.05) is 37.1 Å². The third-order valence-corrected chi connectivity index (χ3v) is 4.34. The number of fused-ring (bicyclic) bond motifs is 1. The minimum Gasteiger partial charge on any atom is -0.366 e. The lowest BCUT2D eigenvalue weighted by molar-refractivity contribution is 0.0226. The first kappa shape index (κ1) is 18.0. The van der Waals surface area contributed by atoms with Crippen LogP contribution in [0, 0.1) is 0 Å². The molecule has 3 heterocycles. The molecule has 7 heteroatoms. The van der Waals surface area contributed by atoms with Crippen molar-refractivity contribution in [2.24, 2.45) is 0 Å². The molecule has 0 saturated heterocycles. The van der Waals surface area contributed by atoms with Crippen LogP contribution in [0.25, 0.3) is 16.8 Å². The molecule has 0 aliphatic rings.